The summed E-state index contributed by atoms with van der Waals surface area (Å²) in [6.07, 6.45) is 1.76. The Hall–Kier alpha value is -1.29. The van der Waals surface area contributed by atoms with Crippen LogP contribution in [0.3, 0.4) is 0 Å². The van der Waals surface area contributed by atoms with Crippen LogP contribution in [0.5, 0.6) is 0 Å². The smallest absolute Gasteiger partial charge is 0.130 e. The third-order valence-electron chi connectivity index (χ3n) is 2.05. The Balaban J connectivity index is 2.55. The van der Waals surface area contributed by atoms with Crippen LogP contribution in [0.15, 0.2) is 34.9 Å². The maximum absolute atomic E-state index is 5.87. The summed E-state index contributed by atoms with van der Waals surface area (Å²) >= 11 is 3.41. The van der Waals surface area contributed by atoms with Crippen molar-refractivity contribution < 1.29 is 0 Å². The van der Waals surface area contributed by atoms with Crippen LogP contribution in [0.2, 0.25) is 0 Å². The number of hydrogen-bond donors (Lipinski definition) is 1. The molecule has 0 aliphatic rings. The number of halogens is 1. The molecule has 0 atom stereocenters. The SMILES string of the molecule is Cc1cnn(-c2cccc(Br)c2)c1N. The number of anilines is 1. The van der Waals surface area contributed by atoms with Crippen LogP contribution >= 0.6 is 15.9 Å². The largest absolute Gasteiger partial charge is 0.383 e. The standard InChI is InChI=1S/C10H10BrN3/c1-7-6-13-14(10(7)12)9-4-2-3-8(11)5-9/h2-6H,12H2,1H3. The zero-order valence-electron chi connectivity index (χ0n) is 7.74. The van der Waals surface area contributed by atoms with Crippen molar-refractivity contribution in [3.63, 3.8) is 0 Å². The average molecular weight is 252 g/mol. The highest BCUT2D eigenvalue weighted by Gasteiger charge is 2.04. The number of aryl methyl sites for hydroxylation is 1. The van der Waals surface area contributed by atoms with E-state index in [0.717, 1.165) is 15.7 Å². The predicted octanol–water partition coefficient (Wildman–Crippen LogP) is 2.53. The fourth-order valence-corrected chi connectivity index (χ4v) is 1.64. The summed E-state index contributed by atoms with van der Waals surface area (Å²) in [6, 6.07) is 7.86. The lowest BCUT2D eigenvalue weighted by Crippen LogP contribution is -2.01. The van der Waals surface area contributed by atoms with E-state index in [1.807, 2.05) is 31.2 Å². The van der Waals surface area contributed by atoms with Gasteiger partial charge in [0.15, 0.2) is 0 Å². The fourth-order valence-electron chi connectivity index (χ4n) is 1.25. The first-order chi connectivity index (χ1) is 6.68. The summed E-state index contributed by atoms with van der Waals surface area (Å²) < 4.78 is 2.74. The summed E-state index contributed by atoms with van der Waals surface area (Å²) in [5.74, 6) is 0.683. The summed E-state index contributed by atoms with van der Waals surface area (Å²) in [5.41, 5.74) is 7.82. The van der Waals surface area contributed by atoms with Crippen LogP contribution in [-0.4, -0.2) is 9.78 Å². The maximum atomic E-state index is 5.87. The van der Waals surface area contributed by atoms with E-state index in [9.17, 15) is 0 Å². The van der Waals surface area contributed by atoms with Crippen molar-refractivity contribution in [3.05, 3.63) is 40.5 Å². The number of nitrogens with two attached hydrogens (primary N) is 1. The van der Waals surface area contributed by atoms with E-state index in [4.69, 9.17) is 5.73 Å². The quantitative estimate of drug-likeness (QED) is 0.847. The molecular formula is C10H10BrN3. The van der Waals surface area contributed by atoms with Crippen LogP contribution in [-0.2, 0) is 0 Å². The zero-order valence-corrected chi connectivity index (χ0v) is 9.32. The van der Waals surface area contributed by atoms with Gasteiger partial charge in [-0.25, -0.2) is 4.68 Å². The van der Waals surface area contributed by atoms with Gasteiger partial charge in [0.05, 0.1) is 11.9 Å². The number of hydrogen-bond acceptors (Lipinski definition) is 2. The molecule has 0 radical (unpaired) electrons. The molecule has 4 heteroatoms. The Labute approximate surface area is 90.7 Å². The molecule has 0 fully saturated rings. The normalized spacial score (nSPS) is 10.4. The molecule has 72 valence electrons. The molecule has 0 bridgehead atoms. The van der Waals surface area contributed by atoms with Crippen LogP contribution in [0, 0.1) is 6.92 Å². The lowest BCUT2D eigenvalue weighted by molar-refractivity contribution is 0.890. The summed E-state index contributed by atoms with van der Waals surface area (Å²) in [5, 5.41) is 4.20. The minimum absolute atomic E-state index is 0.683. The van der Waals surface area contributed by atoms with Gasteiger partial charge in [0.25, 0.3) is 0 Å². The van der Waals surface area contributed by atoms with E-state index in [1.54, 1.807) is 10.9 Å². The van der Waals surface area contributed by atoms with Gasteiger partial charge in [-0.05, 0) is 25.1 Å². The van der Waals surface area contributed by atoms with Gasteiger partial charge in [0.2, 0.25) is 0 Å². The molecule has 1 aromatic carbocycles. The van der Waals surface area contributed by atoms with Crippen molar-refractivity contribution in [1.29, 1.82) is 0 Å². The molecule has 2 aromatic rings. The Morgan fingerprint density at radius 3 is 2.79 bits per heavy atom. The van der Waals surface area contributed by atoms with Crippen molar-refractivity contribution in [2.24, 2.45) is 0 Å². The minimum atomic E-state index is 0.683. The second-order valence-corrected chi connectivity index (χ2v) is 4.02. The molecule has 2 N–H and O–H groups in total. The molecule has 0 spiro atoms. The summed E-state index contributed by atoms with van der Waals surface area (Å²) in [4.78, 5) is 0. The van der Waals surface area contributed by atoms with Crippen molar-refractivity contribution >= 4 is 21.7 Å². The molecule has 2 rings (SSSR count). The van der Waals surface area contributed by atoms with Gasteiger partial charge in [0.1, 0.15) is 5.82 Å². The van der Waals surface area contributed by atoms with Gasteiger partial charge in [-0.1, -0.05) is 22.0 Å². The molecule has 1 aromatic heterocycles. The molecule has 0 aliphatic heterocycles. The fraction of sp³-hybridized carbons (Fsp3) is 0.100. The molecule has 3 nitrogen and oxygen atoms in total. The Bertz CT molecular complexity index is 462. The summed E-state index contributed by atoms with van der Waals surface area (Å²) in [7, 11) is 0. The number of aromatic nitrogens is 2. The maximum Gasteiger partial charge on any atom is 0.130 e. The third-order valence-corrected chi connectivity index (χ3v) is 2.55. The molecular weight excluding hydrogens is 242 g/mol. The second-order valence-electron chi connectivity index (χ2n) is 3.10. The highest BCUT2D eigenvalue weighted by atomic mass is 79.9. The van der Waals surface area contributed by atoms with Gasteiger partial charge >= 0.3 is 0 Å². The monoisotopic (exact) mass is 251 g/mol. The molecule has 0 unspecified atom stereocenters. The van der Waals surface area contributed by atoms with E-state index < -0.39 is 0 Å². The molecule has 14 heavy (non-hydrogen) atoms. The van der Waals surface area contributed by atoms with Crippen molar-refractivity contribution in [3.8, 4) is 5.69 Å². The predicted molar refractivity (Wildman–Crippen MR) is 60.4 cm³/mol. The van der Waals surface area contributed by atoms with Gasteiger partial charge in [0, 0.05) is 10.0 Å². The molecule has 0 saturated heterocycles. The first-order valence-corrected chi connectivity index (χ1v) is 5.04. The van der Waals surface area contributed by atoms with Crippen molar-refractivity contribution in [1.82, 2.24) is 9.78 Å². The zero-order chi connectivity index (χ0) is 10.1. The van der Waals surface area contributed by atoms with Crippen LogP contribution in [0.1, 0.15) is 5.56 Å². The lowest BCUT2D eigenvalue weighted by Gasteiger charge is -2.04. The van der Waals surface area contributed by atoms with Crippen LogP contribution in [0.25, 0.3) is 5.69 Å². The van der Waals surface area contributed by atoms with Crippen LogP contribution in [0.4, 0.5) is 5.82 Å². The Morgan fingerprint density at radius 1 is 1.43 bits per heavy atom. The first kappa shape index (κ1) is 9.27. The minimum Gasteiger partial charge on any atom is -0.383 e. The topological polar surface area (TPSA) is 43.8 Å². The summed E-state index contributed by atoms with van der Waals surface area (Å²) in [6.45, 7) is 1.94. The van der Waals surface area contributed by atoms with E-state index >= 15 is 0 Å². The van der Waals surface area contributed by atoms with E-state index in [1.165, 1.54) is 0 Å². The Kier molecular flexibility index (Phi) is 2.29. The van der Waals surface area contributed by atoms with Crippen molar-refractivity contribution in [2.75, 3.05) is 5.73 Å². The van der Waals surface area contributed by atoms with E-state index in [-0.39, 0.29) is 0 Å². The van der Waals surface area contributed by atoms with Crippen molar-refractivity contribution in [2.45, 2.75) is 6.92 Å². The van der Waals surface area contributed by atoms with E-state index in [2.05, 4.69) is 21.0 Å². The number of benzene rings is 1. The molecule has 0 saturated carbocycles. The highest BCUT2D eigenvalue weighted by Crippen LogP contribution is 2.19. The third kappa shape index (κ3) is 1.53. The highest BCUT2D eigenvalue weighted by molar-refractivity contribution is 9.10. The molecule has 1 heterocycles. The average Bonchev–Trinajstić information content (AvgIpc) is 2.48. The number of rotatable bonds is 1. The number of nitrogens with zero attached hydrogens (tertiary/aromatic N) is 2. The van der Waals surface area contributed by atoms with Gasteiger partial charge in [-0.15, -0.1) is 0 Å². The lowest BCUT2D eigenvalue weighted by atomic mass is 10.3. The van der Waals surface area contributed by atoms with Gasteiger partial charge in [-0.2, -0.15) is 5.10 Å². The van der Waals surface area contributed by atoms with Gasteiger partial charge < -0.3 is 5.73 Å². The molecule has 0 aliphatic carbocycles. The Morgan fingerprint density at radius 2 is 2.21 bits per heavy atom. The first-order valence-electron chi connectivity index (χ1n) is 4.24. The number of nitrogen functional groups attached to an aromatic ring is 1. The van der Waals surface area contributed by atoms with Gasteiger partial charge in [-0.3, -0.25) is 0 Å². The van der Waals surface area contributed by atoms with Crippen LogP contribution < -0.4 is 5.73 Å². The van der Waals surface area contributed by atoms with E-state index in [0.29, 0.717) is 5.82 Å². The second kappa shape index (κ2) is 3.46. The molecule has 0 amide bonds.